The normalized spacial score (nSPS) is 27.3. The first-order valence-corrected chi connectivity index (χ1v) is 11.4. The second-order valence-electron chi connectivity index (χ2n) is 7.98. The van der Waals surface area contributed by atoms with E-state index in [9.17, 15) is 21.6 Å². The van der Waals surface area contributed by atoms with Gasteiger partial charge in [-0.25, -0.2) is 13.0 Å². The topological polar surface area (TPSA) is 40.4 Å². The number of hydrogen-bond acceptors (Lipinski definition) is 3. The van der Waals surface area contributed by atoms with Crippen molar-refractivity contribution in [3.63, 3.8) is 0 Å². The van der Waals surface area contributed by atoms with Gasteiger partial charge in [-0.15, -0.1) is 0 Å². The Morgan fingerprint density at radius 2 is 1.63 bits per heavy atom. The molecule has 0 amide bonds. The summed E-state index contributed by atoms with van der Waals surface area (Å²) in [6, 6.07) is 0. The Bertz CT molecular complexity index is 810. The van der Waals surface area contributed by atoms with Gasteiger partial charge in [0.2, 0.25) is 0 Å². The van der Waals surface area contributed by atoms with E-state index in [4.69, 9.17) is 0 Å². The van der Waals surface area contributed by atoms with Crippen LogP contribution >= 0.6 is 0 Å². The SMILES string of the molecule is O=S(=O)(C1=C2C=C(N3CCCC3)CCC2CCC1=[N+]1CCCC1)C(F)(F)F. The van der Waals surface area contributed by atoms with Crippen LogP contribution in [0.3, 0.4) is 0 Å². The summed E-state index contributed by atoms with van der Waals surface area (Å²) in [5, 5.41) is 0. The average molecular weight is 403 g/mol. The van der Waals surface area contributed by atoms with Crippen LogP contribution in [0.1, 0.15) is 51.4 Å². The molecule has 8 heteroatoms. The Labute approximate surface area is 158 Å². The van der Waals surface area contributed by atoms with Gasteiger partial charge in [0.1, 0.15) is 18.0 Å². The molecule has 2 aliphatic heterocycles. The van der Waals surface area contributed by atoms with E-state index < -0.39 is 20.3 Å². The maximum absolute atomic E-state index is 13.5. The van der Waals surface area contributed by atoms with Gasteiger partial charge in [0.15, 0.2) is 5.71 Å². The maximum Gasteiger partial charge on any atom is 0.502 e. The summed E-state index contributed by atoms with van der Waals surface area (Å²) in [4.78, 5) is 1.79. The molecule has 2 saturated heterocycles. The lowest BCUT2D eigenvalue weighted by Crippen LogP contribution is -2.37. The van der Waals surface area contributed by atoms with Crippen molar-refractivity contribution < 1.29 is 26.2 Å². The zero-order valence-corrected chi connectivity index (χ0v) is 16.2. The molecule has 2 aliphatic carbocycles. The molecule has 0 radical (unpaired) electrons. The molecule has 1 atom stereocenters. The standard InChI is InChI=1S/C19H26F3N2O2S/c20-19(21,22)27(25,26)18-16-13-15(23-9-1-2-10-23)7-5-14(16)6-8-17(18)24-11-3-4-12-24/h13-14H,1-12H2/q+1. The minimum absolute atomic E-state index is 0.0881. The van der Waals surface area contributed by atoms with Gasteiger partial charge >= 0.3 is 5.51 Å². The van der Waals surface area contributed by atoms with E-state index in [0.717, 1.165) is 63.7 Å². The van der Waals surface area contributed by atoms with Crippen LogP contribution in [0.25, 0.3) is 0 Å². The molecule has 0 spiro atoms. The third-order valence-corrected chi connectivity index (χ3v) is 7.96. The number of sulfone groups is 1. The summed E-state index contributed by atoms with van der Waals surface area (Å²) >= 11 is 0. The van der Waals surface area contributed by atoms with Crippen LogP contribution in [0.5, 0.6) is 0 Å². The number of nitrogens with zero attached hydrogens (tertiary/aromatic N) is 2. The molecule has 0 saturated carbocycles. The van der Waals surface area contributed by atoms with Crippen LogP contribution in [0.2, 0.25) is 0 Å². The van der Waals surface area contributed by atoms with Gasteiger partial charge in [0.25, 0.3) is 9.84 Å². The van der Waals surface area contributed by atoms with Gasteiger partial charge in [-0.2, -0.15) is 13.2 Å². The average Bonchev–Trinajstić information content (AvgIpc) is 3.32. The zero-order chi connectivity index (χ0) is 19.2. The monoisotopic (exact) mass is 403 g/mol. The van der Waals surface area contributed by atoms with Crippen LogP contribution in [0.15, 0.2) is 22.3 Å². The summed E-state index contributed by atoms with van der Waals surface area (Å²) in [5.74, 6) is -0.0881. The second-order valence-corrected chi connectivity index (χ2v) is 9.86. The maximum atomic E-state index is 13.5. The van der Waals surface area contributed by atoms with Crippen LogP contribution in [-0.2, 0) is 9.84 Å². The van der Waals surface area contributed by atoms with Crippen molar-refractivity contribution in [3.05, 3.63) is 22.3 Å². The Morgan fingerprint density at radius 1 is 1.00 bits per heavy atom. The zero-order valence-electron chi connectivity index (χ0n) is 15.4. The van der Waals surface area contributed by atoms with Crippen molar-refractivity contribution >= 4 is 15.5 Å². The lowest BCUT2D eigenvalue weighted by molar-refractivity contribution is -0.506. The molecule has 0 aromatic rings. The molecule has 2 fully saturated rings. The number of rotatable bonds is 2. The van der Waals surface area contributed by atoms with E-state index in [1.54, 1.807) is 6.08 Å². The first-order valence-electron chi connectivity index (χ1n) is 9.91. The second kappa shape index (κ2) is 6.94. The molecule has 0 aromatic carbocycles. The summed E-state index contributed by atoms with van der Waals surface area (Å²) in [6.07, 6.45) is 8.47. The van der Waals surface area contributed by atoms with E-state index in [-0.39, 0.29) is 5.92 Å². The highest BCUT2D eigenvalue weighted by Crippen LogP contribution is 2.44. The van der Waals surface area contributed by atoms with Gasteiger partial charge < -0.3 is 4.90 Å². The largest absolute Gasteiger partial charge is 0.502 e. The Morgan fingerprint density at radius 3 is 2.26 bits per heavy atom. The lowest BCUT2D eigenvalue weighted by Gasteiger charge is -2.34. The van der Waals surface area contributed by atoms with Crippen molar-refractivity contribution in [3.8, 4) is 0 Å². The molecule has 150 valence electrons. The number of likely N-dealkylation sites (tertiary alicyclic amines) is 1. The minimum atomic E-state index is -5.37. The Balaban J connectivity index is 1.90. The summed E-state index contributed by atoms with van der Waals surface area (Å²) in [5.41, 5.74) is -3.44. The van der Waals surface area contributed by atoms with Crippen LogP contribution in [-0.4, -0.2) is 55.3 Å². The molecular weight excluding hydrogens is 377 g/mol. The Kier molecular flexibility index (Phi) is 4.89. The first kappa shape index (κ1) is 19.0. The van der Waals surface area contributed by atoms with Gasteiger partial charge in [0.05, 0.1) is 0 Å². The fraction of sp³-hybridized carbons (Fsp3) is 0.737. The highest BCUT2D eigenvalue weighted by molar-refractivity contribution is 7.97. The lowest BCUT2D eigenvalue weighted by atomic mass is 9.79. The van der Waals surface area contributed by atoms with E-state index in [1.165, 1.54) is 0 Å². The molecule has 1 unspecified atom stereocenters. The van der Waals surface area contributed by atoms with Crippen LogP contribution in [0.4, 0.5) is 13.2 Å². The van der Waals surface area contributed by atoms with Crippen LogP contribution in [0, 0.1) is 5.92 Å². The van der Waals surface area contributed by atoms with Crippen molar-refractivity contribution in [2.24, 2.45) is 5.92 Å². The van der Waals surface area contributed by atoms with Crippen molar-refractivity contribution in [2.75, 3.05) is 26.2 Å². The third kappa shape index (κ3) is 3.34. The fourth-order valence-electron chi connectivity index (χ4n) is 4.96. The predicted molar refractivity (Wildman–Crippen MR) is 97.1 cm³/mol. The molecule has 4 aliphatic rings. The number of hydrogen-bond donors (Lipinski definition) is 0. The summed E-state index contributed by atoms with van der Waals surface area (Å²) in [7, 11) is -5.37. The molecule has 2 heterocycles. The predicted octanol–water partition coefficient (Wildman–Crippen LogP) is 3.61. The highest BCUT2D eigenvalue weighted by Gasteiger charge is 2.54. The highest BCUT2D eigenvalue weighted by atomic mass is 32.2. The first-order chi connectivity index (χ1) is 12.8. The van der Waals surface area contributed by atoms with Gasteiger partial charge in [-0.05, 0) is 49.7 Å². The minimum Gasteiger partial charge on any atom is -0.375 e. The van der Waals surface area contributed by atoms with E-state index in [0.29, 0.717) is 30.8 Å². The number of allylic oxidation sites excluding steroid dienone is 4. The van der Waals surface area contributed by atoms with Gasteiger partial charge in [-0.3, -0.25) is 0 Å². The number of alkyl halides is 3. The third-order valence-electron chi connectivity index (χ3n) is 6.34. The van der Waals surface area contributed by atoms with E-state index in [1.807, 2.05) is 4.58 Å². The molecule has 0 N–H and O–H groups in total. The molecular formula is C19H26F3N2O2S+. The van der Waals surface area contributed by atoms with Crippen LogP contribution < -0.4 is 0 Å². The van der Waals surface area contributed by atoms with Crippen molar-refractivity contribution in [1.29, 1.82) is 0 Å². The Hall–Kier alpha value is -1.31. The van der Waals surface area contributed by atoms with Crippen molar-refractivity contribution in [1.82, 2.24) is 4.90 Å². The molecule has 0 aromatic heterocycles. The quantitative estimate of drug-likeness (QED) is 0.662. The smallest absolute Gasteiger partial charge is 0.375 e. The number of fused-ring (bicyclic) bond motifs is 1. The van der Waals surface area contributed by atoms with E-state index >= 15 is 0 Å². The van der Waals surface area contributed by atoms with Crippen molar-refractivity contribution in [2.45, 2.75) is 56.9 Å². The summed E-state index contributed by atoms with van der Waals surface area (Å²) < 4.78 is 67.7. The number of halogens is 3. The molecule has 4 nitrogen and oxygen atoms in total. The summed E-state index contributed by atoms with van der Waals surface area (Å²) in [6.45, 7) is 3.11. The van der Waals surface area contributed by atoms with Gasteiger partial charge in [-0.1, -0.05) is 0 Å². The van der Waals surface area contributed by atoms with E-state index in [2.05, 4.69) is 4.90 Å². The van der Waals surface area contributed by atoms with Gasteiger partial charge in [0, 0.05) is 38.0 Å². The molecule has 0 bridgehead atoms. The fourth-order valence-corrected chi connectivity index (χ4v) is 6.27. The molecule has 27 heavy (non-hydrogen) atoms. The molecule has 4 rings (SSSR count).